The van der Waals surface area contributed by atoms with E-state index >= 15 is 0 Å². The largest absolute Gasteiger partial charge is 0.355 e. The summed E-state index contributed by atoms with van der Waals surface area (Å²) in [4.78, 5) is 12.2. The molecule has 2 N–H and O–H groups in total. The molecule has 2 rings (SSSR count). The maximum atomic E-state index is 12.2. The van der Waals surface area contributed by atoms with Crippen molar-refractivity contribution in [2.75, 3.05) is 19.6 Å². The molecule has 0 radical (unpaired) electrons. The van der Waals surface area contributed by atoms with Crippen molar-refractivity contribution < 1.29 is 4.79 Å². The van der Waals surface area contributed by atoms with Crippen LogP contribution >= 0.6 is 0 Å². The van der Waals surface area contributed by atoms with Gasteiger partial charge < -0.3 is 10.6 Å². The van der Waals surface area contributed by atoms with Crippen molar-refractivity contribution in [1.29, 1.82) is 0 Å². The molecule has 2 aliphatic rings. The lowest BCUT2D eigenvalue weighted by atomic mass is 9.80. The van der Waals surface area contributed by atoms with Gasteiger partial charge in [0.05, 0.1) is 5.41 Å². The second-order valence-electron chi connectivity index (χ2n) is 6.49. The van der Waals surface area contributed by atoms with Gasteiger partial charge in [-0.05, 0) is 44.6 Å². The zero-order chi connectivity index (χ0) is 13.0. The van der Waals surface area contributed by atoms with Gasteiger partial charge in [-0.2, -0.15) is 0 Å². The summed E-state index contributed by atoms with van der Waals surface area (Å²) in [6.45, 7) is 7.08. The average molecular weight is 252 g/mol. The molecule has 1 unspecified atom stereocenters. The second kappa shape index (κ2) is 6.05. The van der Waals surface area contributed by atoms with Gasteiger partial charge in [0.15, 0.2) is 0 Å². The molecular formula is C15H28N2O. The van der Waals surface area contributed by atoms with E-state index in [-0.39, 0.29) is 11.3 Å². The smallest absolute Gasteiger partial charge is 0.227 e. The van der Waals surface area contributed by atoms with Crippen LogP contribution in [0, 0.1) is 17.3 Å². The number of nitrogens with one attached hydrogen (secondary N) is 2. The van der Waals surface area contributed by atoms with Crippen LogP contribution in [0.25, 0.3) is 0 Å². The van der Waals surface area contributed by atoms with E-state index in [1.165, 1.54) is 32.1 Å². The number of hydrogen-bond donors (Lipinski definition) is 2. The Balaban J connectivity index is 1.70. The van der Waals surface area contributed by atoms with Gasteiger partial charge in [0, 0.05) is 13.1 Å². The van der Waals surface area contributed by atoms with Gasteiger partial charge in [0.2, 0.25) is 5.91 Å². The van der Waals surface area contributed by atoms with Crippen molar-refractivity contribution in [2.24, 2.45) is 17.3 Å². The Kier molecular flexibility index (Phi) is 4.66. The summed E-state index contributed by atoms with van der Waals surface area (Å²) >= 11 is 0. The molecule has 0 aromatic heterocycles. The lowest BCUT2D eigenvalue weighted by molar-refractivity contribution is -0.129. The van der Waals surface area contributed by atoms with Crippen LogP contribution in [0.3, 0.4) is 0 Å². The molecule has 3 heteroatoms. The SMILES string of the molecule is CCC1CCC(CNC(=O)C2(C)CCNC2)CC1. The molecule has 0 aromatic carbocycles. The van der Waals surface area contributed by atoms with Crippen LogP contribution in [0.2, 0.25) is 0 Å². The van der Waals surface area contributed by atoms with Crippen molar-refractivity contribution in [2.45, 2.75) is 52.4 Å². The molecule has 3 nitrogen and oxygen atoms in total. The lowest BCUT2D eigenvalue weighted by Crippen LogP contribution is -2.42. The van der Waals surface area contributed by atoms with E-state index in [4.69, 9.17) is 0 Å². The molecule has 0 bridgehead atoms. The predicted octanol–water partition coefficient (Wildman–Crippen LogP) is 2.32. The van der Waals surface area contributed by atoms with E-state index in [9.17, 15) is 4.79 Å². The first kappa shape index (κ1) is 13.9. The normalized spacial score (nSPS) is 36.6. The molecule has 1 saturated heterocycles. The van der Waals surface area contributed by atoms with Crippen LogP contribution < -0.4 is 10.6 Å². The minimum atomic E-state index is -0.166. The molecule has 1 heterocycles. The third kappa shape index (κ3) is 3.25. The molecule has 0 aromatic rings. The minimum absolute atomic E-state index is 0.166. The topological polar surface area (TPSA) is 41.1 Å². The lowest BCUT2D eigenvalue weighted by Gasteiger charge is -2.29. The highest BCUT2D eigenvalue weighted by Crippen LogP contribution is 2.30. The standard InChI is InChI=1S/C15H28N2O/c1-3-12-4-6-13(7-5-12)10-17-14(18)15(2)8-9-16-11-15/h12-13,16H,3-11H2,1-2H3,(H,17,18). The predicted molar refractivity (Wildman–Crippen MR) is 74.3 cm³/mol. The monoisotopic (exact) mass is 252 g/mol. The fraction of sp³-hybridized carbons (Fsp3) is 0.933. The fourth-order valence-electron chi connectivity index (χ4n) is 3.31. The molecule has 0 spiro atoms. The summed E-state index contributed by atoms with van der Waals surface area (Å²) < 4.78 is 0. The highest BCUT2D eigenvalue weighted by molar-refractivity contribution is 5.82. The van der Waals surface area contributed by atoms with Crippen LogP contribution in [-0.2, 0) is 4.79 Å². The van der Waals surface area contributed by atoms with Gasteiger partial charge in [-0.1, -0.05) is 26.2 Å². The first-order valence-corrected chi connectivity index (χ1v) is 7.63. The molecule has 1 atom stereocenters. The summed E-state index contributed by atoms with van der Waals surface area (Å²) in [6.07, 6.45) is 7.61. The van der Waals surface area contributed by atoms with Crippen molar-refractivity contribution >= 4 is 5.91 Å². The number of carbonyl (C=O) groups excluding carboxylic acids is 1. The summed E-state index contributed by atoms with van der Waals surface area (Å²) in [5.41, 5.74) is -0.166. The van der Waals surface area contributed by atoms with Gasteiger partial charge in [0.25, 0.3) is 0 Å². The fourth-order valence-corrected chi connectivity index (χ4v) is 3.31. The molecule has 18 heavy (non-hydrogen) atoms. The van der Waals surface area contributed by atoms with Gasteiger partial charge in [0.1, 0.15) is 0 Å². The maximum absolute atomic E-state index is 12.2. The van der Waals surface area contributed by atoms with E-state index in [0.29, 0.717) is 0 Å². The zero-order valence-corrected chi connectivity index (χ0v) is 11.9. The molecular weight excluding hydrogens is 224 g/mol. The highest BCUT2D eigenvalue weighted by Gasteiger charge is 2.36. The quantitative estimate of drug-likeness (QED) is 0.806. The van der Waals surface area contributed by atoms with Crippen LogP contribution in [0.4, 0.5) is 0 Å². The summed E-state index contributed by atoms with van der Waals surface area (Å²) in [5, 5.41) is 6.47. The van der Waals surface area contributed by atoms with Crippen LogP contribution in [0.1, 0.15) is 52.4 Å². The van der Waals surface area contributed by atoms with Gasteiger partial charge in [-0.25, -0.2) is 0 Å². The third-order valence-corrected chi connectivity index (χ3v) is 5.01. The van der Waals surface area contributed by atoms with Crippen LogP contribution in [0.15, 0.2) is 0 Å². The second-order valence-corrected chi connectivity index (χ2v) is 6.49. The van der Waals surface area contributed by atoms with E-state index in [2.05, 4.69) is 24.5 Å². The highest BCUT2D eigenvalue weighted by atomic mass is 16.2. The Labute approximate surface area is 111 Å². The van der Waals surface area contributed by atoms with Crippen LogP contribution in [-0.4, -0.2) is 25.5 Å². The van der Waals surface area contributed by atoms with E-state index in [1.54, 1.807) is 0 Å². The summed E-state index contributed by atoms with van der Waals surface area (Å²) in [7, 11) is 0. The molecule has 2 fully saturated rings. The Morgan fingerprint density at radius 2 is 1.94 bits per heavy atom. The van der Waals surface area contributed by atoms with Crippen LogP contribution in [0.5, 0.6) is 0 Å². The Morgan fingerprint density at radius 3 is 2.50 bits per heavy atom. The van der Waals surface area contributed by atoms with E-state index < -0.39 is 0 Å². The van der Waals surface area contributed by atoms with Gasteiger partial charge in [-0.15, -0.1) is 0 Å². The first-order valence-electron chi connectivity index (χ1n) is 7.63. The summed E-state index contributed by atoms with van der Waals surface area (Å²) in [6, 6.07) is 0. The van der Waals surface area contributed by atoms with E-state index in [0.717, 1.165) is 37.9 Å². The molecule has 1 aliphatic carbocycles. The van der Waals surface area contributed by atoms with E-state index in [1.807, 2.05) is 0 Å². The number of rotatable bonds is 4. The zero-order valence-electron chi connectivity index (χ0n) is 11.9. The Bertz CT molecular complexity index is 276. The average Bonchev–Trinajstić information content (AvgIpc) is 2.85. The summed E-state index contributed by atoms with van der Waals surface area (Å²) in [5.74, 6) is 1.91. The Morgan fingerprint density at radius 1 is 1.28 bits per heavy atom. The van der Waals surface area contributed by atoms with Crippen molar-refractivity contribution in [3.63, 3.8) is 0 Å². The number of hydrogen-bond acceptors (Lipinski definition) is 2. The number of carbonyl (C=O) groups is 1. The van der Waals surface area contributed by atoms with Gasteiger partial charge in [-0.3, -0.25) is 4.79 Å². The van der Waals surface area contributed by atoms with Crippen molar-refractivity contribution in [3.05, 3.63) is 0 Å². The minimum Gasteiger partial charge on any atom is -0.355 e. The van der Waals surface area contributed by atoms with Crippen molar-refractivity contribution in [1.82, 2.24) is 10.6 Å². The van der Waals surface area contributed by atoms with Crippen molar-refractivity contribution in [3.8, 4) is 0 Å². The first-order chi connectivity index (χ1) is 8.64. The third-order valence-electron chi connectivity index (χ3n) is 5.01. The molecule has 1 amide bonds. The number of amides is 1. The molecule has 1 saturated carbocycles. The maximum Gasteiger partial charge on any atom is 0.227 e. The van der Waals surface area contributed by atoms with Gasteiger partial charge >= 0.3 is 0 Å². The molecule has 104 valence electrons. The Hall–Kier alpha value is -0.570. The molecule has 1 aliphatic heterocycles.